The molecule has 0 saturated carbocycles. The molecule has 46 valence electrons. The van der Waals surface area contributed by atoms with Gasteiger partial charge in [0.2, 0.25) is 0 Å². The lowest BCUT2D eigenvalue weighted by atomic mass is 10.2. The van der Waals surface area contributed by atoms with E-state index in [-0.39, 0.29) is 0 Å². The zero-order valence-corrected chi connectivity index (χ0v) is 5.66. The Labute approximate surface area is 57.9 Å². The molecule has 0 bridgehead atoms. The third-order valence-electron chi connectivity index (χ3n) is 1.36. The first-order chi connectivity index (χ1) is 4.47. The summed E-state index contributed by atoms with van der Waals surface area (Å²) in [5.41, 5.74) is 3.08. The Kier molecular flexibility index (Phi) is 1.24. The molecule has 0 aromatic carbocycles. The summed E-state index contributed by atoms with van der Waals surface area (Å²) < 4.78 is 0. The van der Waals surface area contributed by atoms with Gasteiger partial charge in [0.1, 0.15) is 0 Å². The molecule has 1 N–H and O–H groups in total. The quantitative estimate of drug-likeness (QED) is 0.574. The van der Waals surface area contributed by atoms with Gasteiger partial charge in [-0.15, -0.1) is 11.3 Å². The van der Waals surface area contributed by atoms with Crippen LogP contribution in [-0.2, 0) is 13.0 Å². The van der Waals surface area contributed by atoms with Gasteiger partial charge in [-0.2, -0.15) is 0 Å². The summed E-state index contributed by atoms with van der Waals surface area (Å²) in [4.78, 5) is 5.53. The van der Waals surface area contributed by atoms with Gasteiger partial charge in [0.05, 0.1) is 17.7 Å². The molecule has 0 amide bonds. The Bertz CT molecular complexity index is 186. The number of nitrogens with zero attached hydrogens (tertiary/aromatic N) is 1. The van der Waals surface area contributed by atoms with Crippen LogP contribution in [0, 0.1) is 6.54 Å². The van der Waals surface area contributed by atoms with Gasteiger partial charge >= 0.3 is 0 Å². The summed E-state index contributed by atoms with van der Waals surface area (Å²) in [6.07, 6.45) is 0.860. The second kappa shape index (κ2) is 2.08. The molecule has 1 aromatic heterocycles. The van der Waals surface area contributed by atoms with Crippen molar-refractivity contribution in [2.45, 2.75) is 13.0 Å². The predicted molar refractivity (Wildman–Crippen MR) is 35.9 cm³/mol. The van der Waals surface area contributed by atoms with E-state index in [2.05, 4.69) is 16.8 Å². The van der Waals surface area contributed by atoms with Crippen LogP contribution in [0.4, 0.5) is 0 Å². The van der Waals surface area contributed by atoms with Crippen LogP contribution in [0.3, 0.4) is 0 Å². The lowest BCUT2D eigenvalue weighted by Crippen LogP contribution is -2.17. The maximum absolute atomic E-state index is 4.17. The molecular weight excluding hydrogens is 132 g/mol. The summed E-state index contributed by atoms with van der Waals surface area (Å²) in [6, 6.07) is 0. The van der Waals surface area contributed by atoms with E-state index < -0.39 is 0 Å². The van der Waals surface area contributed by atoms with Crippen molar-refractivity contribution in [3.8, 4) is 0 Å². The largest absolute Gasteiger partial charge is 0.303 e. The predicted octanol–water partition coefficient (Wildman–Crippen LogP) is 0.828. The van der Waals surface area contributed by atoms with E-state index in [1.165, 1.54) is 10.6 Å². The highest BCUT2D eigenvalue weighted by atomic mass is 32.1. The summed E-state index contributed by atoms with van der Waals surface area (Å²) >= 11 is 1.71. The highest BCUT2D eigenvalue weighted by Gasteiger charge is 2.10. The van der Waals surface area contributed by atoms with E-state index in [1.54, 1.807) is 11.3 Å². The number of hydrogen-bond donors (Lipinski definition) is 1. The molecule has 3 heteroatoms. The number of thiazole rings is 1. The number of fused-ring (bicyclic) bond motifs is 1. The molecule has 2 radical (unpaired) electrons. The molecule has 0 saturated heterocycles. The standard InChI is InChI=1S/C6H6N2S/c1-2-7-3-6-5(1)8-4-9-6/h4,7H,1,3H2. The molecular formula is C6H6N2S. The second-order valence-electron chi connectivity index (χ2n) is 1.93. The van der Waals surface area contributed by atoms with Crippen molar-refractivity contribution >= 4 is 11.3 Å². The molecule has 2 heterocycles. The maximum Gasteiger partial charge on any atom is 0.0798 e. The zero-order chi connectivity index (χ0) is 6.10. The van der Waals surface area contributed by atoms with Crippen molar-refractivity contribution in [3.05, 3.63) is 22.6 Å². The molecule has 0 aliphatic carbocycles. The Morgan fingerprint density at radius 1 is 1.78 bits per heavy atom. The second-order valence-corrected chi connectivity index (χ2v) is 2.87. The average Bonchev–Trinajstić information content (AvgIpc) is 2.33. The van der Waals surface area contributed by atoms with Crippen molar-refractivity contribution in [2.24, 2.45) is 0 Å². The van der Waals surface area contributed by atoms with Crippen LogP contribution in [0.25, 0.3) is 0 Å². The molecule has 9 heavy (non-hydrogen) atoms. The van der Waals surface area contributed by atoms with Gasteiger partial charge in [0.15, 0.2) is 0 Å². The SMILES string of the molecule is [C]1Cc2ncsc2CN1. The van der Waals surface area contributed by atoms with E-state index in [0.717, 1.165) is 13.0 Å². The topological polar surface area (TPSA) is 24.9 Å². The van der Waals surface area contributed by atoms with Gasteiger partial charge in [-0.25, -0.2) is 4.98 Å². The van der Waals surface area contributed by atoms with Gasteiger partial charge < -0.3 is 5.32 Å². The normalized spacial score (nSPS) is 17.3. The molecule has 0 fully saturated rings. The first kappa shape index (κ1) is 5.38. The Morgan fingerprint density at radius 3 is 3.67 bits per heavy atom. The molecule has 2 nitrogen and oxygen atoms in total. The lowest BCUT2D eigenvalue weighted by Gasteiger charge is -2.08. The van der Waals surface area contributed by atoms with Crippen LogP contribution in [0.15, 0.2) is 5.51 Å². The van der Waals surface area contributed by atoms with E-state index >= 15 is 0 Å². The van der Waals surface area contributed by atoms with Crippen molar-refractivity contribution in [1.82, 2.24) is 10.3 Å². The fourth-order valence-corrected chi connectivity index (χ4v) is 1.59. The minimum atomic E-state index is 0.860. The molecule has 1 aromatic rings. The molecule has 2 rings (SSSR count). The van der Waals surface area contributed by atoms with Crippen LogP contribution >= 0.6 is 11.3 Å². The van der Waals surface area contributed by atoms with Crippen LogP contribution in [-0.4, -0.2) is 4.98 Å². The maximum atomic E-state index is 4.17. The minimum absolute atomic E-state index is 0.860. The highest BCUT2D eigenvalue weighted by molar-refractivity contribution is 7.09. The minimum Gasteiger partial charge on any atom is -0.303 e. The molecule has 1 aliphatic rings. The van der Waals surface area contributed by atoms with Gasteiger partial charge in [-0.3, -0.25) is 0 Å². The van der Waals surface area contributed by atoms with Crippen LogP contribution < -0.4 is 5.32 Å². The van der Waals surface area contributed by atoms with Crippen LogP contribution in [0.2, 0.25) is 0 Å². The third-order valence-corrected chi connectivity index (χ3v) is 2.23. The van der Waals surface area contributed by atoms with Gasteiger partial charge in [0, 0.05) is 17.8 Å². The fourth-order valence-electron chi connectivity index (χ4n) is 0.871. The van der Waals surface area contributed by atoms with Crippen LogP contribution in [0.1, 0.15) is 10.6 Å². The number of hydrogen-bond acceptors (Lipinski definition) is 3. The van der Waals surface area contributed by atoms with E-state index in [1.807, 2.05) is 5.51 Å². The van der Waals surface area contributed by atoms with Crippen LogP contribution in [0.5, 0.6) is 0 Å². The van der Waals surface area contributed by atoms with Gasteiger partial charge in [0.25, 0.3) is 0 Å². The summed E-state index contributed by atoms with van der Waals surface area (Å²) in [7, 11) is 0. The average molecular weight is 138 g/mol. The monoisotopic (exact) mass is 138 g/mol. The van der Waals surface area contributed by atoms with Crippen molar-refractivity contribution < 1.29 is 0 Å². The van der Waals surface area contributed by atoms with Crippen molar-refractivity contribution in [1.29, 1.82) is 0 Å². The van der Waals surface area contributed by atoms with E-state index in [0.29, 0.717) is 0 Å². The van der Waals surface area contributed by atoms with E-state index in [4.69, 9.17) is 0 Å². The Morgan fingerprint density at radius 2 is 2.78 bits per heavy atom. The number of rotatable bonds is 0. The van der Waals surface area contributed by atoms with Gasteiger partial charge in [-0.05, 0) is 0 Å². The molecule has 0 atom stereocenters. The molecule has 0 unspecified atom stereocenters. The third kappa shape index (κ3) is 0.862. The summed E-state index contributed by atoms with van der Waals surface area (Å²) in [5, 5.41) is 3.05. The van der Waals surface area contributed by atoms with Crippen molar-refractivity contribution in [3.63, 3.8) is 0 Å². The van der Waals surface area contributed by atoms with Crippen molar-refractivity contribution in [2.75, 3.05) is 0 Å². The Hall–Kier alpha value is -0.410. The zero-order valence-electron chi connectivity index (χ0n) is 4.85. The lowest BCUT2D eigenvalue weighted by molar-refractivity contribution is 0.727. The van der Waals surface area contributed by atoms with E-state index in [9.17, 15) is 0 Å². The fraction of sp³-hybridized carbons (Fsp3) is 0.333. The highest BCUT2D eigenvalue weighted by Crippen LogP contribution is 2.17. The summed E-state index contributed by atoms with van der Waals surface area (Å²) in [6.45, 7) is 3.94. The first-order valence-corrected chi connectivity index (χ1v) is 3.72. The Balaban J connectivity index is 2.39. The summed E-state index contributed by atoms with van der Waals surface area (Å²) in [5.74, 6) is 0. The molecule has 1 aliphatic heterocycles. The first-order valence-electron chi connectivity index (χ1n) is 2.84. The number of nitrogens with one attached hydrogen (secondary N) is 1. The number of aromatic nitrogens is 1. The van der Waals surface area contributed by atoms with Gasteiger partial charge in [-0.1, -0.05) is 0 Å². The smallest absolute Gasteiger partial charge is 0.0798 e. The molecule has 0 spiro atoms.